The number of para-hydroxylation sites is 2. The molecule has 1 saturated heterocycles. The quantitative estimate of drug-likeness (QED) is 0.220. The maximum absolute atomic E-state index is 13.3. The van der Waals surface area contributed by atoms with Crippen LogP contribution < -0.4 is 16.4 Å². The molecule has 8 heteroatoms. The van der Waals surface area contributed by atoms with Crippen LogP contribution in [0, 0.1) is 5.92 Å². The van der Waals surface area contributed by atoms with Crippen LogP contribution in [0.2, 0.25) is 0 Å². The molecule has 0 aromatic heterocycles. The molecule has 38 heavy (non-hydrogen) atoms. The van der Waals surface area contributed by atoms with Crippen molar-refractivity contribution >= 4 is 50.9 Å². The van der Waals surface area contributed by atoms with Crippen molar-refractivity contribution in [2.24, 2.45) is 5.92 Å². The summed E-state index contributed by atoms with van der Waals surface area (Å²) < 4.78 is 0.946. The number of β-amino-alcohol motifs (C(OH)–C–C–N with tert-alkyl or cyclic N) is 1. The lowest BCUT2D eigenvalue weighted by Gasteiger charge is -2.25. The van der Waals surface area contributed by atoms with E-state index in [-0.39, 0.29) is 23.7 Å². The molecule has 0 radical (unpaired) electrons. The molecule has 0 saturated carbocycles. The number of nitrogens with two attached hydrogens (primary N) is 1. The Bertz CT molecular complexity index is 1300. The molecular formula is C30H33BrN4O3. The molecule has 4 rings (SSSR count). The molecule has 2 unspecified atom stereocenters. The number of rotatable bonds is 8. The Morgan fingerprint density at radius 3 is 2.37 bits per heavy atom. The van der Waals surface area contributed by atoms with Crippen molar-refractivity contribution in [2.45, 2.75) is 25.4 Å². The van der Waals surface area contributed by atoms with E-state index >= 15 is 0 Å². The zero-order valence-electron chi connectivity index (χ0n) is 21.5. The Hall–Kier alpha value is -3.46. The summed E-state index contributed by atoms with van der Waals surface area (Å²) in [5.41, 5.74) is 8.76. The molecular weight excluding hydrogens is 544 g/mol. The first-order valence-corrected chi connectivity index (χ1v) is 13.3. The molecule has 3 aromatic carbocycles. The summed E-state index contributed by atoms with van der Waals surface area (Å²) in [5.74, 6) is -0.620. The number of likely N-dealkylation sites (tertiary alicyclic amines) is 1. The van der Waals surface area contributed by atoms with E-state index in [1.165, 1.54) is 6.08 Å². The van der Waals surface area contributed by atoms with Crippen molar-refractivity contribution < 1.29 is 14.7 Å². The van der Waals surface area contributed by atoms with Gasteiger partial charge in [-0.3, -0.25) is 14.5 Å². The minimum absolute atomic E-state index is 0.0322. The number of nitrogens with zero attached hydrogens (tertiary/aromatic N) is 1. The summed E-state index contributed by atoms with van der Waals surface area (Å²) in [6, 6.07) is 22.5. The largest absolute Gasteiger partial charge is 0.397 e. The summed E-state index contributed by atoms with van der Waals surface area (Å²) in [4.78, 5) is 27.8. The number of benzene rings is 3. The lowest BCUT2D eigenvalue weighted by atomic mass is 9.88. The van der Waals surface area contributed by atoms with Crippen molar-refractivity contribution in [3.8, 4) is 0 Å². The van der Waals surface area contributed by atoms with Gasteiger partial charge in [-0.05, 0) is 67.4 Å². The summed E-state index contributed by atoms with van der Waals surface area (Å²) in [6.45, 7) is 5.26. The van der Waals surface area contributed by atoms with Gasteiger partial charge in [0.25, 0.3) is 0 Å². The summed E-state index contributed by atoms with van der Waals surface area (Å²) in [7, 11) is 0. The van der Waals surface area contributed by atoms with Crippen molar-refractivity contribution in [2.75, 3.05) is 36.0 Å². The number of carbonyl (C=O) groups excluding carboxylic acids is 2. The topological polar surface area (TPSA) is 108 Å². The highest BCUT2D eigenvalue weighted by atomic mass is 79.9. The van der Waals surface area contributed by atoms with E-state index in [0.717, 1.165) is 21.3 Å². The zero-order valence-corrected chi connectivity index (χ0v) is 23.1. The van der Waals surface area contributed by atoms with E-state index in [4.69, 9.17) is 5.73 Å². The average molecular weight is 578 g/mol. The predicted molar refractivity (Wildman–Crippen MR) is 157 cm³/mol. The highest BCUT2D eigenvalue weighted by Crippen LogP contribution is 2.34. The first-order valence-electron chi connectivity index (χ1n) is 12.5. The Kier molecular flexibility index (Phi) is 8.66. The van der Waals surface area contributed by atoms with Gasteiger partial charge in [0.2, 0.25) is 11.8 Å². The van der Waals surface area contributed by atoms with E-state index in [9.17, 15) is 14.7 Å². The number of aliphatic hydroxyl groups is 1. The lowest BCUT2D eigenvalue weighted by molar-refractivity contribution is -0.120. The summed E-state index contributed by atoms with van der Waals surface area (Å²) in [5, 5.41) is 16.2. The van der Waals surface area contributed by atoms with E-state index in [2.05, 4.69) is 31.5 Å². The monoisotopic (exact) mass is 576 g/mol. The second kappa shape index (κ2) is 11.9. The fourth-order valence-corrected chi connectivity index (χ4v) is 5.01. The van der Waals surface area contributed by atoms with E-state index in [0.29, 0.717) is 31.0 Å². The molecule has 0 aliphatic carbocycles. The van der Waals surface area contributed by atoms with Gasteiger partial charge in [-0.15, -0.1) is 0 Å². The maximum Gasteiger partial charge on any atom is 0.248 e. The van der Waals surface area contributed by atoms with Gasteiger partial charge >= 0.3 is 0 Å². The van der Waals surface area contributed by atoms with Gasteiger partial charge in [-0.25, -0.2) is 0 Å². The van der Waals surface area contributed by atoms with Crippen LogP contribution in [0.25, 0.3) is 6.08 Å². The highest BCUT2D eigenvalue weighted by molar-refractivity contribution is 9.10. The molecule has 1 aliphatic rings. The third-order valence-electron chi connectivity index (χ3n) is 6.47. The first kappa shape index (κ1) is 27.6. The van der Waals surface area contributed by atoms with E-state index in [1.807, 2.05) is 60.7 Å². The second-order valence-corrected chi connectivity index (χ2v) is 11.2. The highest BCUT2D eigenvalue weighted by Gasteiger charge is 2.39. The Labute approximate surface area is 231 Å². The van der Waals surface area contributed by atoms with Crippen LogP contribution in [0.1, 0.15) is 30.9 Å². The third-order valence-corrected chi connectivity index (χ3v) is 6.99. The van der Waals surface area contributed by atoms with Gasteiger partial charge in [-0.2, -0.15) is 0 Å². The van der Waals surface area contributed by atoms with Crippen LogP contribution in [-0.2, 0) is 9.59 Å². The Morgan fingerprint density at radius 2 is 1.71 bits per heavy atom. The minimum Gasteiger partial charge on any atom is -0.397 e. The van der Waals surface area contributed by atoms with Crippen LogP contribution in [0.3, 0.4) is 0 Å². The lowest BCUT2D eigenvalue weighted by Crippen LogP contribution is -2.38. The van der Waals surface area contributed by atoms with Crippen molar-refractivity contribution in [1.82, 2.24) is 4.90 Å². The van der Waals surface area contributed by atoms with Gasteiger partial charge in [0.15, 0.2) is 0 Å². The Balaban J connectivity index is 1.46. The predicted octanol–water partition coefficient (Wildman–Crippen LogP) is 5.11. The van der Waals surface area contributed by atoms with Crippen LogP contribution in [0.15, 0.2) is 83.3 Å². The molecule has 1 heterocycles. The molecule has 3 aromatic rings. The fourth-order valence-electron chi connectivity index (χ4n) is 4.74. The van der Waals surface area contributed by atoms with Gasteiger partial charge in [0.1, 0.15) is 0 Å². The fraction of sp³-hybridized carbons (Fsp3) is 0.267. The van der Waals surface area contributed by atoms with Gasteiger partial charge in [0, 0.05) is 41.8 Å². The van der Waals surface area contributed by atoms with E-state index in [1.54, 1.807) is 32.1 Å². The number of nitrogens with one attached hydrogen (secondary N) is 2. The smallest absolute Gasteiger partial charge is 0.248 e. The van der Waals surface area contributed by atoms with Crippen LogP contribution in [-0.4, -0.2) is 47.1 Å². The number of halogens is 1. The Morgan fingerprint density at radius 1 is 1.03 bits per heavy atom. The minimum atomic E-state index is -0.860. The third kappa shape index (κ3) is 7.54. The maximum atomic E-state index is 13.3. The first-order chi connectivity index (χ1) is 18.1. The van der Waals surface area contributed by atoms with Gasteiger partial charge in [-0.1, -0.05) is 52.3 Å². The number of nitrogen functional groups attached to an aromatic ring is 1. The molecule has 2 atom stereocenters. The normalized spacial score (nSPS) is 18.0. The standard InChI is InChI=1S/C30H33BrN4O3/c1-30(2,38)19-35-17-24(25(18-35)29(37)33-23-14-12-22(31)13-15-23)21-10-7-20(8-11-21)9-16-28(36)34-27-6-4-3-5-26(27)32/h3-16,24-25,38H,17-19,32H2,1-2H3,(H,33,37)(H,34,36). The SMILES string of the molecule is CC(C)(O)CN1CC(C(=O)Nc2ccc(Br)cc2)C(c2ccc(C=CC(=O)Nc3ccccc3N)cc2)C1. The van der Waals surface area contributed by atoms with Crippen molar-refractivity contribution in [1.29, 1.82) is 0 Å². The van der Waals surface area contributed by atoms with Crippen LogP contribution in [0.5, 0.6) is 0 Å². The molecule has 5 N–H and O–H groups in total. The van der Waals surface area contributed by atoms with Crippen molar-refractivity contribution in [3.05, 3.63) is 94.5 Å². The van der Waals surface area contributed by atoms with Gasteiger partial charge in [0.05, 0.1) is 22.9 Å². The average Bonchev–Trinajstić information content (AvgIpc) is 3.28. The molecule has 7 nitrogen and oxygen atoms in total. The number of hydrogen-bond donors (Lipinski definition) is 4. The second-order valence-electron chi connectivity index (χ2n) is 10.3. The summed E-state index contributed by atoms with van der Waals surface area (Å²) in [6.07, 6.45) is 3.21. The van der Waals surface area contributed by atoms with E-state index < -0.39 is 5.60 Å². The van der Waals surface area contributed by atoms with Gasteiger partial charge < -0.3 is 21.5 Å². The van der Waals surface area contributed by atoms with Crippen LogP contribution >= 0.6 is 15.9 Å². The molecule has 1 fully saturated rings. The number of amides is 2. The summed E-state index contributed by atoms with van der Waals surface area (Å²) >= 11 is 3.42. The number of hydrogen-bond acceptors (Lipinski definition) is 5. The number of carbonyl (C=O) groups is 2. The zero-order chi connectivity index (χ0) is 27.3. The number of anilines is 3. The van der Waals surface area contributed by atoms with Crippen LogP contribution in [0.4, 0.5) is 17.1 Å². The molecule has 198 valence electrons. The molecule has 0 bridgehead atoms. The van der Waals surface area contributed by atoms with Crippen molar-refractivity contribution in [3.63, 3.8) is 0 Å². The molecule has 0 spiro atoms. The molecule has 1 aliphatic heterocycles. The molecule has 2 amide bonds.